The van der Waals surface area contributed by atoms with Gasteiger partial charge in [-0.15, -0.1) is 0 Å². The number of carbonyl (C=O) groups is 1. The Bertz CT molecular complexity index is 1030. The molecule has 170 valence electrons. The van der Waals surface area contributed by atoms with Crippen LogP contribution in [0.5, 0.6) is 0 Å². The van der Waals surface area contributed by atoms with Gasteiger partial charge < -0.3 is 10.2 Å². The van der Waals surface area contributed by atoms with Crippen LogP contribution in [0, 0.1) is 0 Å². The Labute approximate surface area is 192 Å². The van der Waals surface area contributed by atoms with Gasteiger partial charge >= 0.3 is 6.03 Å². The van der Waals surface area contributed by atoms with E-state index in [2.05, 4.69) is 50.1 Å². The molecule has 5 heteroatoms. The summed E-state index contributed by atoms with van der Waals surface area (Å²) >= 11 is 0. The van der Waals surface area contributed by atoms with E-state index in [1.807, 2.05) is 66.7 Å². The van der Waals surface area contributed by atoms with Gasteiger partial charge in [-0.05, 0) is 51.3 Å². The summed E-state index contributed by atoms with van der Waals surface area (Å²) < 4.78 is 1.73. The molecule has 32 heavy (non-hydrogen) atoms. The van der Waals surface area contributed by atoms with Crippen LogP contribution in [-0.4, -0.2) is 41.1 Å². The molecule has 4 aromatic rings. The molecule has 0 aliphatic heterocycles. The molecule has 1 N–H and O–H groups in total. The summed E-state index contributed by atoms with van der Waals surface area (Å²) in [5, 5.41) is 5.11. The van der Waals surface area contributed by atoms with Gasteiger partial charge in [-0.3, -0.25) is 9.55 Å². The van der Waals surface area contributed by atoms with E-state index in [9.17, 15) is 4.79 Å². The Hall–Kier alpha value is -3.18. The van der Waals surface area contributed by atoms with Gasteiger partial charge in [0.25, 0.3) is 0 Å². The Morgan fingerprint density at radius 3 is 1.84 bits per heavy atom. The van der Waals surface area contributed by atoms with Crippen molar-refractivity contribution in [2.45, 2.75) is 40.2 Å². The zero-order valence-electron chi connectivity index (χ0n) is 20.0. The first-order valence-corrected chi connectivity index (χ1v) is 11.3. The lowest BCUT2D eigenvalue weighted by atomic mass is 10.2. The summed E-state index contributed by atoms with van der Waals surface area (Å²) in [7, 11) is 4.17. The van der Waals surface area contributed by atoms with Crippen molar-refractivity contribution in [1.29, 1.82) is 0 Å². The number of hydrogen-bond acceptors (Lipinski definition) is 3. The fraction of sp³-hybridized carbons (Fsp3) is 0.333. The predicted molar refractivity (Wildman–Crippen MR) is 136 cm³/mol. The van der Waals surface area contributed by atoms with Gasteiger partial charge in [0.05, 0.1) is 23.3 Å². The number of pyridine rings is 1. The number of carbonyl (C=O) groups excluding carboxylic acids is 1. The maximum absolute atomic E-state index is 12.7. The Balaban J connectivity index is 0.000000347. The molecular weight excluding hydrogens is 396 g/mol. The van der Waals surface area contributed by atoms with E-state index in [1.54, 1.807) is 10.8 Å². The molecule has 2 heterocycles. The molecule has 0 aliphatic carbocycles. The Morgan fingerprint density at radius 2 is 1.41 bits per heavy atom. The molecule has 0 unspecified atom stereocenters. The third kappa shape index (κ3) is 6.92. The second-order valence-electron chi connectivity index (χ2n) is 7.86. The van der Waals surface area contributed by atoms with E-state index in [-0.39, 0.29) is 6.03 Å². The van der Waals surface area contributed by atoms with Crippen LogP contribution in [0.3, 0.4) is 0 Å². The van der Waals surface area contributed by atoms with Gasteiger partial charge in [-0.25, -0.2) is 4.79 Å². The maximum Gasteiger partial charge on any atom is 0.326 e. The lowest BCUT2D eigenvalue weighted by Gasteiger charge is -2.08. The van der Waals surface area contributed by atoms with E-state index in [4.69, 9.17) is 0 Å². The molecule has 0 spiro atoms. The minimum absolute atomic E-state index is 0.145. The van der Waals surface area contributed by atoms with Crippen LogP contribution in [0.25, 0.3) is 21.8 Å². The normalized spacial score (nSPS) is 10.3. The highest BCUT2D eigenvalue weighted by molar-refractivity contribution is 6.13. The van der Waals surface area contributed by atoms with Crippen LogP contribution < -0.4 is 5.32 Å². The van der Waals surface area contributed by atoms with Crippen molar-refractivity contribution in [2.75, 3.05) is 20.6 Å². The predicted octanol–water partition coefficient (Wildman–Crippen LogP) is 6.32. The lowest BCUT2D eigenvalue weighted by molar-refractivity contribution is 0.243. The van der Waals surface area contributed by atoms with Crippen molar-refractivity contribution in [1.82, 2.24) is 19.8 Å². The van der Waals surface area contributed by atoms with Crippen LogP contribution in [0.1, 0.15) is 39.3 Å². The lowest BCUT2D eigenvalue weighted by Crippen LogP contribution is -2.28. The van der Waals surface area contributed by atoms with Crippen molar-refractivity contribution in [3.63, 3.8) is 0 Å². The molecule has 0 radical (unpaired) electrons. The third-order valence-electron chi connectivity index (χ3n) is 4.60. The van der Waals surface area contributed by atoms with E-state index >= 15 is 0 Å². The first-order valence-electron chi connectivity index (χ1n) is 11.3. The van der Waals surface area contributed by atoms with Crippen LogP contribution in [0.4, 0.5) is 4.79 Å². The van der Waals surface area contributed by atoms with Gasteiger partial charge in [0.2, 0.25) is 0 Å². The Morgan fingerprint density at radius 1 is 0.875 bits per heavy atom. The third-order valence-corrected chi connectivity index (χ3v) is 4.60. The second-order valence-corrected chi connectivity index (χ2v) is 7.86. The summed E-state index contributed by atoms with van der Waals surface area (Å²) in [5.74, 6) is 0. The summed E-state index contributed by atoms with van der Waals surface area (Å²) in [6.07, 6.45) is 4.23. The average molecular weight is 433 g/mol. The van der Waals surface area contributed by atoms with Crippen LogP contribution in [0.2, 0.25) is 0 Å². The van der Waals surface area contributed by atoms with E-state index < -0.39 is 0 Å². The second kappa shape index (κ2) is 13.3. The first kappa shape index (κ1) is 25.1. The fourth-order valence-electron chi connectivity index (χ4n) is 3.34. The number of benzene rings is 2. The SMILES string of the molecule is CCC.CCCN(C)C.O=C(NCc1ccccn1)n1c2ccccc2c2ccccc21. The van der Waals surface area contributed by atoms with Crippen molar-refractivity contribution in [3.8, 4) is 0 Å². The molecule has 4 rings (SSSR count). The molecule has 2 aromatic heterocycles. The molecular formula is C27H36N4O. The molecule has 0 atom stereocenters. The summed E-state index contributed by atoms with van der Waals surface area (Å²) in [5.41, 5.74) is 2.65. The van der Waals surface area contributed by atoms with Crippen molar-refractivity contribution < 1.29 is 4.79 Å². The number of rotatable bonds is 4. The van der Waals surface area contributed by atoms with Gasteiger partial charge in [-0.1, -0.05) is 69.7 Å². The van der Waals surface area contributed by atoms with Gasteiger partial charge in [0.1, 0.15) is 0 Å². The fourth-order valence-corrected chi connectivity index (χ4v) is 3.34. The van der Waals surface area contributed by atoms with Gasteiger partial charge in [-0.2, -0.15) is 0 Å². The molecule has 1 amide bonds. The number of fused-ring (bicyclic) bond motifs is 3. The van der Waals surface area contributed by atoms with Crippen molar-refractivity contribution >= 4 is 27.8 Å². The first-order chi connectivity index (χ1) is 15.5. The molecule has 2 aromatic carbocycles. The molecule has 5 nitrogen and oxygen atoms in total. The largest absolute Gasteiger partial charge is 0.332 e. The average Bonchev–Trinajstić information content (AvgIpc) is 3.14. The number of amides is 1. The van der Waals surface area contributed by atoms with E-state index in [1.165, 1.54) is 19.4 Å². The number of hydrogen-bond donors (Lipinski definition) is 1. The molecule has 0 fully saturated rings. The molecule has 0 aliphatic rings. The zero-order valence-corrected chi connectivity index (χ0v) is 20.0. The van der Waals surface area contributed by atoms with Crippen LogP contribution >= 0.6 is 0 Å². The quantitative estimate of drug-likeness (QED) is 0.410. The van der Waals surface area contributed by atoms with E-state index in [0.717, 1.165) is 27.5 Å². The summed E-state index contributed by atoms with van der Waals surface area (Å²) in [4.78, 5) is 19.1. The van der Waals surface area contributed by atoms with E-state index in [0.29, 0.717) is 6.54 Å². The summed E-state index contributed by atoms with van der Waals surface area (Å²) in [6.45, 7) is 8.04. The van der Waals surface area contributed by atoms with Crippen LogP contribution in [-0.2, 0) is 6.54 Å². The molecule has 0 bridgehead atoms. The van der Waals surface area contributed by atoms with Crippen LogP contribution in [0.15, 0.2) is 72.9 Å². The number of nitrogens with one attached hydrogen (secondary N) is 1. The van der Waals surface area contributed by atoms with Gasteiger partial charge in [0.15, 0.2) is 0 Å². The Kier molecular flexibility index (Phi) is 10.4. The van der Waals surface area contributed by atoms with Gasteiger partial charge in [0, 0.05) is 17.0 Å². The summed E-state index contributed by atoms with van der Waals surface area (Å²) in [6, 6.07) is 21.4. The minimum atomic E-state index is -0.145. The number of nitrogens with zero attached hydrogens (tertiary/aromatic N) is 3. The monoisotopic (exact) mass is 432 g/mol. The van der Waals surface area contributed by atoms with Crippen molar-refractivity contribution in [3.05, 3.63) is 78.6 Å². The highest BCUT2D eigenvalue weighted by Crippen LogP contribution is 2.28. The molecule has 0 saturated heterocycles. The highest BCUT2D eigenvalue weighted by atomic mass is 16.2. The molecule has 0 saturated carbocycles. The van der Waals surface area contributed by atoms with Crippen molar-refractivity contribution in [2.24, 2.45) is 0 Å². The highest BCUT2D eigenvalue weighted by Gasteiger charge is 2.14. The minimum Gasteiger partial charge on any atom is -0.332 e. The smallest absolute Gasteiger partial charge is 0.326 e. The number of aromatic nitrogens is 2. The zero-order chi connectivity index (χ0) is 23.3. The standard InChI is InChI=1S/C19H15N3O.C5H13N.C3H8/c23-19(21-13-14-7-5-6-12-20-14)22-17-10-3-1-8-15(17)16-9-2-4-11-18(16)22;1-4-5-6(2)3;1-3-2/h1-12H,13H2,(H,21,23);4-5H2,1-3H3;3H2,1-2H3. The maximum atomic E-state index is 12.7. The topological polar surface area (TPSA) is 50.2 Å². The number of para-hydroxylation sites is 2.